The van der Waals surface area contributed by atoms with Gasteiger partial charge in [0, 0.05) is 23.2 Å². The number of phenols is 1. The van der Waals surface area contributed by atoms with Crippen LogP contribution in [0, 0.1) is 5.92 Å². The van der Waals surface area contributed by atoms with Crippen molar-refractivity contribution in [1.29, 1.82) is 0 Å². The van der Waals surface area contributed by atoms with E-state index in [1.165, 1.54) is 25.9 Å². The summed E-state index contributed by atoms with van der Waals surface area (Å²) in [6.07, 6.45) is 2.52. The molecule has 1 N–H and O–H groups in total. The highest BCUT2D eigenvalue weighted by Crippen LogP contribution is 2.31. The van der Waals surface area contributed by atoms with E-state index >= 15 is 0 Å². The molecule has 0 radical (unpaired) electrons. The molecule has 1 fully saturated rings. The SMILES string of the molecule is CC(c1cc(Cl)ccc1O)N(C)CC1CCN(C)CC1. The molecule has 0 bridgehead atoms. The molecular formula is C16H25ClN2O. The van der Waals surface area contributed by atoms with Gasteiger partial charge in [0.25, 0.3) is 0 Å². The van der Waals surface area contributed by atoms with E-state index in [4.69, 9.17) is 11.6 Å². The maximum Gasteiger partial charge on any atom is 0.120 e. The highest BCUT2D eigenvalue weighted by atomic mass is 35.5. The Labute approximate surface area is 127 Å². The van der Waals surface area contributed by atoms with E-state index in [9.17, 15) is 5.11 Å². The summed E-state index contributed by atoms with van der Waals surface area (Å²) in [5.41, 5.74) is 0.910. The van der Waals surface area contributed by atoms with Crippen molar-refractivity contribution >= 4 is 11.6 Å². The molecule has 1 aromatic rings. The van der Waals surface area contributed by atoms with Gasteiger partial charge in [0.2, 0.25) is 0 Å². The predicted octanol–water partition coefficient (Wildman–Crippen LogP) is 3.38. The number of aromatic hydroxyl groups is 1. The smallest absolute Gasteiger partial charge is 0.120 e. The zero-order chi connectivity index (χ0) is 14.7. The summed E-state index contributed by atoms with van der Waals surface area (Å²) in [6.45, 7) is 5.58. The first-order valence-corrected chi connectivity index (χ1v) is 7.72. The maximum atomic E-state index is 10.0. The summed E-state index contributed by atoms with van der Waals surface area (Å²) in [4.78, 5) is 4.71. The van der Waals surface area contributed by atoms with Crippen LogP contribution in [-0.2, 0) is 0 Å². The molecule has 20 heavy (non-hydrogen) atoms. The number of halogens is 1. The minimum atomic E-state index is 0.174. The van der Waals surface area contributed by atoms with Crippen molar-refractivity contribution in [3.05, 3.63) is 28.8 Å². The van der Waals surface area contributed by atoms with Crippen molar-refractivity contribution in [3.8, 4) is 5.75 Å². The number of hydrogen-bond acceptors (Lipinski definition) is 3. The van der Waals surface area contributed by atoms with Gasteiger partial charge in [-0.05, 0) is 71.1 Å². The third-order valence-electron chi connectivity index (χ3n) is 4.49. The Morgan fingerprint density at radius 1 is 1.40 bits per heavy atom. The molecule has 0 amide bonds. The van der Waals surface area contributed by atoms with Gasteiger partial charge in [-0.25, -0.2) is 0 Å². The van der Waals surface area contributed by atoms with Gasteiger partial charge in [-0.2, -0.15) is 0 Å². The van der Waals surface area contributed by atoms with Crippen LogP contribution in [0.1, 0.15) is 31.4 Å². The van der Waals surface area contributed by atoms with Crippen molar-refractivity contribution in [1.82, 2.24) is 9.80 Å². The molecule has 1 heterocycles. The van der Waals surface area contributed by atoms with Crippen molar-refractivity contribution in [2.45, 2.75) is 25.8 Å². The molecule has 4 heteroatoms. The fraction of sp³-hybridized carbons (Fsp3) is 0.625. The molecule has 1 aromatic carbocycles. The van der Waals surface area contributed by atoms with E-state index in [2.05, 4.69) is 30.8 Å². The van der Waals surface area contributed by atoms with Crippen LogP contribution in [0.2, 0.25) is 5.02 Å². The Morgan fingerprint density at radius 2 is 2.05 bits per heavy atom. The minimum Gasteiger partial charge on any atom is -0.508 e. The lowest BCUT2D eigenvalue weighted by atomic mass is 9.95. The first kappa shape index (κ1) is 15.6. The van der Waals surface area contributed by atoms with Gasteiger partial charge in [-0.15, -0.1) is 0 Å². The Bertz CT molecular complexity index is 444. The van der Waals surface area contributed by atoms with Crippen LogP contribution < -0.4 is 0 Å². The topological polar surface area (TPSA) is 26.7 Å². The van der Waals surface area contributed by atoms with Gasteiger partial charge < -0.3 is 10.0 Å². The summed E-state index contributed by atoms with van der Waals surface area (Å²) >= 11 is 6.04. The van der Waals surface area contributed by atoms with E-state index < -0.39 is 0 Å². The molecular weight excluding hydrogens is 272 g/mol. The van der Waals surface area contributed by atoms with Crippen LogP contribution in [0.4, 0.5) is 0 Å². The number of benzene rings is 1. The molecule has 1 aliphatic heterocycles. The van der Waals surface area contributed by atoms with Gasteiger partial charge in [0.1, 0.15) is 5.75 Å². The molecule has 0 saturated carbocycles. The standard InChI is InChI=1S/C16H25ClN2O/c1-12(15-10-14(17)4-5-16(15)20)19(3)11-13-6-8-18(2)9-7-13/h4-5,10,12-13,20H,6-9,11H2,1-3H3. The van der Waals surface area contributed by atoms with Gasteiger partial charge >= 0.3 is 0 Å². The molecule has 1 aliphatic rings. The van der Waals surface area contributed by atoms with Crippen LogP contribution in [-0.4, -0.2) is 48.6 Å². The van der Waals surface area contributed by atoms with Gasteiger partial charge in [0.05, 0.1) is 0 Å². The second kappa shape index (κ2) is 6.79. The molecule has 0 aromatic heterocycles. The van der Waals surface area contributed by atoms with E-state index in [-0.39, 0.29) is 6.04 Å². The summed E-state index contributed by atoms with van der Waals surface area (Å²) in [6, 6.07) is 5.45. The Balaban J connectivity index is 1.97. The summed E-state index contributed by atoms with van der Waals surface area (Å²) < 4.78 is 0. The quantitative estimate of drug-likeness (QED) is 0.923. The Kier molecular flexibility index (Phi) is 5.30. The fourth-order valence-corrected chi connectivity index (χ4v) is 3.09. The largest absolute Gasteiger partial charge is 0.508 e. The highest BCUT2D eigenvalue weighted by Gasteiger charge is 2.22. The summed E-state index contributed by atoms with van der Waals surface area (Å²) in [5.74, 6) is 1.08. The minimum absolute atomic E-state index is 0.174. The Morgan fingerprint density at radius 3 is 2.70 bits per heavy atom. The molecule has 0 aliphatic carbocycles. The maximum absolute atomic E-state index is 10.0. The second-order valence-corrected chi connectivity index (χ2v) is 6.50. The van der Waals surface area contributed by atoms with E-state index in [1.54, 1.807) is 12.1 Å². The molecule has 2 rings (SSSR count). The van der Waals surface area contributed by atoms with Crippen molar-refractivity contribution < 1.29 is 5.11 Å². The van der Waals surface area contributed by atoms with Crippen molar-refractivity contribution in [3.63, 3.8) is 0 Å². The van der Waals surface area contributed by atoms with Crippen LogP contribution in [0.25, 0.3) is 0 Å². The molecule has 1 atom stereocenters. The molecule has 3 nitrogen and oxygen atoms in total. The predicted molar refractivity (Wildman–Crippen MR) is 84.4 cm³/mol. The average molecular weight is 297 g/mol. The van der Waals surface area contributed by atoms with Crippen LogP contribution in [0.15, 0.2) is 18.2 Å². The lowest BCUT2D eigenvalue weighted by Crippen LogP contribution is -2.36. The van der Waals surface area contributed by atoms with Gasteiger partial charge in [-0.1, -0.05) is 11.6 Å². The van der Waals surface area contributed by atoms with E-state index in [0.29, 0.717) is 10.8 Å². The summed E-state index contributed by atoms with van der Waals surface area (Å²) in [7, 11) is 4.32. The van der Waals surface area contributed by atoms with E-state index in [0.717, 1.165) is 18.0 Å². The third kappa shape index (κ3) is 3.87. The van der Waals surface area contributed by atoms with Crippen molar-refractivity contribution in [2.24, 2.45) is 5.92 Å². The van der Waals surface area contributed by atoms with Gasteiger partial charge in [0.15, 0.2) is 0 Å². The third-order valence-corrected chi connectivity index (χ3v) is 4.72. The van der Waals surface area contributed by atoms with E-state index in [1.807, 2.05) is 6.07 Å². The van der Waals surface area contributed by atoms with Crippen LogP contribution >= 0.6 is 11.6 Å². The lowest BCUT2D eigenvalue weighted by molar-refractivity contribution is 0.154. The Hall–Kier alpha value is -0.770. The molecule has 0 spiro atoms. The first-order valence-electron chi connectivity index (χ1n) is 7.34. The monoisotopic (exact) mass is 296 g/mol. The summed E-state index contributed by atoms with van der Waals surface area (Å²) in [5, 5.41) is 10.7. The first-order chi connectivity index (χ1) is 9.47. The van der Waals surface area contributed by atoms with Crippen molar-refractivity contribution in [2.75, 3.05) is 33.7 Å². The average Bonchev–Trinajstić information content (AvgIpc) is 2.43. The number of likely N-dealkylation sites (tertiary alicyclic amines) is 1. The zero-order valence-corrected chi connectivity index (χ0v) is 13.4. The highest BCUT2D eigenvalue weighted by molar-refractivity contribution is 6.30. The second-order valence-electron chi connectivity index (χ2n) is 6.07. The normalized spacial score (nSPS) is 19.4. The number of phenolic OH excluding ortho intramolecular Hbond substituents is 1. The van der Waals surface area contributed by atoms with Crippen LogP contribution in [0.3, 0.4) is 0 Å². The molecule has 1 unspecified atom stereocenters. The number of hydrogen-bond donors (Lipinski definition) is 1. The molecule has 112 valence electrons. The fourth-order valence-electron chi connectivity index (χ4n) is 2.91. The van der Waals surface area contributed by atoms with Gasteiger partial charge in [-0.3, -0.25) is 4.90 Å². The number of piperidine rings is 1. The zero-order valence-electron chi connectivity index (χ0n) is 12.6. The number of nitrogens with zero attached hydrogens (tertiary/aromatic N) is 2. The number of rotatable bonds is 4. The van der Waals surface area contributed by atoms with Crippen LogP contribution in [0.5, 0.6) is 5.75 Å². The lowest BCUT2D eigenvalue weighted by Gasteiger charge is -2.34. The molecule has 1 saturated heterocycles.